The maximum Gasteiger partial charge on any atom is 0.222 e. The molecule has 7 heteroatoms. The number of nitrogens with one attached hydrogen (secondary N) is 1. The van der Waals surface area contributed by atoms with Gasteiger partial charge in [0.25, 0.3) is 0 Å². The molecule has 0 aliphatic carbocycles. The lowest BCUT2D eigenvalue weighted by atomic mass is 9.96. The Balaban J connectivity index is 2.03. The molecule has 0 spiro atoms. The highest BCUT2D eigenvalue weighted by Gasteiger charge is 2.27. The van der Waals surface area contributed by atoms with E-state index in [4.69, 9.17) is 10.5 Å². The van der Waals surface area contributed by atoms with Gasteiger partial charge in [-0.25, -0.2) is 0 Å². The summed E-state index contributed by atoms with van der Waals surface area (Å²) in [6, 6.07) is 0. The second kappa shape index (κ2) is 5.43. The van der Waals surface area contributed by atoms with E-state index in [2.05, 4.69) is 14.6 Å². The van der Waals surface area contributed by atoms with Crippen molar-refractivity contribution < 1.29 is 9.53 Å². The molecule has 18 heavy (non-hydrogen) atoms. The molecule has 0 saturated carbocycles. The molecule has 3 N–H and O–H groups in total. The number of carbonyl (C=O) groups excluding carboxylic acids is 1. The number of nitrogens with two attached hydrogens (primary N) is 1. The number of nitrogen functional groups attached to an aromatic ring is 1. The van der Waals surface area contributed by atoms with E-state index >= 15 is 0 Å². The van der Waals surface area contributed by atoms with Crippen molar-refractivity contribution in [3.8, 4) is 5.75 Å². The van der Waals surface area contributed by atoms with Gasteiger partial charge in [0.05, 0.1) is 7.11 Å². The molecule has 2 heterocycles. The van der Waals surface area contributed by atoms with Crippen LogP contribution in [0.2, 0.25) is 0 Å². The molecule has 0 radical (unpaired) electrons. The fourth-order valence-electron chi connectivity index (χ4n) is 2.23. The molecule has 1 saturated heterocycles. The number of nitrogens with zero attached hydrogens (tertiary/aromatic N) is 2. The molecule has 0 atom stereocenters. The third-order valence-electron chi connectivity index (χ3n) is 3.26. The van der Waals surface area contributed by atoms with Crippen molar-refractivity contribution in [2.24, 2.45) is 5.92 Å². The van der Waals surface area contributed by atoms with Crippen LogP contribution in [-0.2, 0) is 4.79 Å². The number of hydrogen-bond acceptors (Lipinski definition) is 6. The van der Waals surface area contributed by atoms with Gasteiger partial charge < -0.3 is 20.7 Å². The Kier molecular flexibility index (Phi) is 3.90. The van der Waals surface area contributed by atoms with Crippen LogP contribution in [0.3, 0.4) is 0 Å². The maximum absolute atomic E-state index is 11.6. The number of methoxy groups -OCH3 is 1. The van der Waals surface area contributed by atoms with Crippen LogP contribution >= 0.6 is 11.5 Å². The monoisotopic (exact) mass is 270 g/mol. The minimum absolute atomic E-state index is 0.113. The summed E-state index contributed by atoms with van der Waals surface area (Å²) in [5.74, 6) is 1.33. The van der Waals surface area contributed by atoms with Crippen molar-refractivity contribution >= 4 is 28.3 Å². The highest BCUT2D eigenvalue weighted by molar-refractivity contribution is 7.11. The molecule has 1 aliphatic rings. The highest BCUT2D eigenvalue weighted by atomic mass is 32.1. The molecule has 1 fully saturated rings. The smallest absolute Gasteiger partial charge is 0.222 e. The molecule has 0 aromatic carbocycles. The Morgan fingerprint density at radius 2 is 2.22 bits per heavy atom. The normalized spacial score (nSPS) is 16.7. The zero-order valence-corrected chi connectivity index (χ0v) is 11.4. The van der Waals surface area contributed by atoms with Gasteiger partial charge in [0.15, 0.2) is 16.6 Å². The van der Waals surface area contributed by atoms with E-state index < -0.39 is 0 Å². The second-order valence-corrected chi connectivity index (χ2v) is 5.03. The van der Waals surface area contributed by atoms with E-state index in [9.17, 15) is 4.79 Å². The maximum atomic E-state index is 11.6. The largest absolute Gasteiger partial charge is 0.490 e. The van der Waals surface area contributed by atoms with E-state index in [1.165, 1.54) is 11.5 Å². The molecule has 0 bridgehead atoms. The fourth-order valence-corrected chi connectivity index (χ4v) is 3.06. The average molecular weight is 270 g/mol. The van der Waals surface area contributed by atoms with Gasteiger partial charge in [-0.1, -0.05) is 0 Å². The molecule has 1 aliphatic heterocycles. The van der Waals surface area contributed by atoms with Crippen LogP contribution in [0.15, 0.2) is 0 Å². The van der Waals surface area contributed by atoms with Crippen molar-refractivity contribution in [3.05, 3.63) is 0 Å². The fraction of sp³-hybridized carbons (Fsp3) is 0.636. The summed E-state index contributed by atoms with van der Waals surface area (Å²) in [5.41, 5.74) is 5.74. The lowest BCUT2D eigenvalue weighted by Gasteiger charge is -2.31. The summed E-state index contributed by atoms with van der Waals surface area (Å²) in [6.45, 7) is 1.66. The van der Waals surface area contributed by atoms with Gasteiger partial charge in [0, 0.05) is 26.1 Å². The second-order valence-electron chi connectivity index (χ2n) is 4.28. The minimum Gasteiger partial charge on any atom is -0.490 e. The van der Waals surface area contributed by atoms with Crippen molar-refractivity contribution in [3.63, 3.8) is 0 Å². The molecule has 100 valence electrons. The Bertz CT molecular complexity index is 427. The van der Waals surface area contributed by atoms with Crippen LogP contribution < -0.4 is 20.7 Å². The minimum atomic E-state index is 0.113. The first-order chi connectivity index (χ1) is 8.67. The molecule has 1 aromatic heterocycles. The quantitative estimate of drug-likeness (QED) is 0.845. The summed E-state index contributed by atoms with van der Waals surface area (Å²) in [4.78, 5) is 13.7. The van der Waals surface area contributed by atoms with Crippen molar-refractivity contribution in [1.82, 2.24) is 9.69 Å². The molecular weight excluding hydrogens is 252 g/mol. The highest BCUT2D eigenvalue weighted by Crippen LogP contribution is 2.39. The first-order valence-corrected chi connectivity index (χ1v) is 6.70. The molecular formula is C11H18N4O2S. The van der Waals surface area contributed by atoms with Crippen molar-refractivity contribution in [2.45, 2.75) is 12.8 Å². The lowest BCUT2D eigenvalue weighted by molar-refractivity contribution is -0.125. The third kappa shape index (κ3) is 2.35. The van der Waals surface area contributed by atoms with Crippen LogP contribution in [0.4, 0.5) is 10.8 Å². The number of aromatic nitrogens is 1. The number of hydrogen-bond donors (Lipinski definition) is 2. The number of anilines is 2. The summed E-state index contributed by atoms with van der Waals surface area (Å²) in [6.07, 6.45) is 1.70. The average Bonchev–Trinajstić information content (AvgIpc) is 2.79. The van der Waals surface area contributed by atoms with Gasteiger partial charge >= 0.3 is 0 Å². The van der Waals surface area contributed by atoms with E-state index in [1.807, 2.05) is 0 Å². The van der Waals surface area contributed by atoms with E-state index in [1.54, 1.807) is 14.2 Å². The van der Waals surface area contributed by atoms with Gasteiger partial charge in [-0.05, 0) is 24.4 Å². The topological polar surface area (TPSA) is 80.5 Å². The summed E-state index contributed by atoms with van der Waals surface area (Å²) >= 11 is 1.35. The van der Waals surface area contributed by atoms with Crippen molar-refractivity contribution in [1.29, 1.82) is 0 Å². The Morgan fingerprint density at radius 1 is 1.56 bits per heavy atom. The van der Waals surface area contributed by atoms with Gasteiger partial charge in [-0.2, -0.15) is 4.37 Å². The molecule has 1 aromatic rings. The number of carbonyl (C=O) groups is 1. The summed E-state index contributed by atoms with van der Waals surface area (Å²) < 4.78 is 9.37. The van der Waals surface area contributed by atoms with Gasteiger partial charge in [-0.15, -0.1) is 0 Å². The third-order valence-corrected chi connectivity index (χ3v) is 4.17. The molecule has 0 unspecified atom stereocenters. The Labute approximate surface area is 110 Å². The molecule has 2 rings (SSSR count). The van der Waals surface area contributed by atoms with Crippen LogP contribution in [0.1, 0.15) is 12.8 Å². The van der Waals surface area contributed by atoms with Crippen LogP contribution in [0.25, 0.3) is 0 Å². The number of rotatable bonds is 3. The number of piperidine rings is 1. The first-order valence-electron chi connectivity index (χ1n) is 5.93. The number of ether oxygens (including phenoxy) is 1. The van der Waals surface area contributed by atoms with Gasteiger partial charge in [0.2, 0.25) is 5.91 Å². The van der Waals surface area contributed by atoms with E-state index in [-0.39, 0.29) is 11.8 Å². The van der Waals surface area contributed by atoms with E-state index in [0.717, 1.165) is 30.9 Å². The zero-order chi connectivity index (χ0) is 13.1. The van der Waals surface area contributed by atoms with Crippen LogP contribution in [0, 0.1) is 5.92 Å². The zero-order valence-electron chi connectivity index (χ0n) is 10.6. The SMILES string of the molecule is CNC(=O)C1CCN(c2snc(N)c2OC)CC1. The van der Waals surface area contributed by atoms with Gasteiger partial charge in [0.1, 0.15) is 0 Å². The summed E-state index contributed by atoms with van der Waals surface area (Å²) in [7, 11) is 3.28. The van der Waals surface area contributed by atoms with Crippen molar-refractivity contribution in [2.75, 3.05) is 37.9 Å². The lowest BCUT2D eigenvalue weighted by Crippen LogP contribution is -2.39. The number of amides is 1. The van der Waals surface area contributed by atoms with Gasteiger partial charge in [-0.3, -0.25) is 4.79 Å². The molecule has 6 nitrogen and oxygen atoms in total. The standard InChI is InChI=1S/C11H18N4O2S/c1-13-10(16)7-3-5-15(6-4-7)11-8(17-2)9(12)14-18-11/h7H,3-6H2,1-2H3,(H2,12,14)(H,13,16). The van der Waals surface area contributed by atoms with Crippen LogP contribution in [0.5, 0.6) is 5.75 Å². The predicted octanol–water partition coefficient (Wildman–Crippen LogP) is 0.696. The summed E-state index contributed by atoms with van der Waals surface area (Å²) in [5, 5.41) is 3.67. The predicted molar refractivity (Wildman–Crippen MR) is 72.1 cm³/mol. The Morgan fingerprint density at radius 3 is 2.78 bits per heavy atom. The van der Waals surface area contributed by atoms with Crippen LogP contribution in [-0.4, -0.2) is 37.5 Å². The van der Waals surface area contributed by atoms with E-state index in [0.29, 0.717) is 11.6 Å². The molecule has 1 amide bonds. The Hall–Kier alpha value is -1.50. The first kappa shape index (κ1) is 12.9.